The van der Waals surface area contributed by atoms with Crippen LogP contribution in [0.3, 0.4) is 0 Å². The summed E-state index contributed by atoms with van der Waals surface area (Å²) >= 11 is 11.5. The van der Waals surface area contributed by atoms with Gasteiger partial charge in [0.1, 0.15) is 16.6 Å². The molecule has 0 fully saturated rings. The van der Waals surface area contributed by atoms with E-state index in [1.54, 1.807) is 12.1 Å². The van der Waals surface area contributed by atoms with Crippen molar-refractivity contribution in [2.45, 2.75) is 0 Å². The number of aromatic nitrogens is 2. The number of hydrogen-bond donors (Lipinski definition) is 0. The molecule has 0 saturated carbocycles. The average molecular weight is 299 g/mol. The number of methoxy groups -OCH3 is 1. The molecule has 0 N–H and O–H groups in total. The van der Waals surface area contributed by atoms with Crippen LogP contribution in [-0.4, -0.2) is 23.4 Å². The number of rotatable bonds is 4. The molecule has 0 atom stereocenters. The first-order chi connectivity index (χ1) is 9.12. The molecule has 98 valence electrons. The molecule has 0 unspecified atom stereocenters. The Hall–Kier alpha value is -1.85. The third-order valence-electron chi connectivity index (χ3n) is 2.17. The number of ether oxygens (including phenoxy) is 2. The first-order valence-electron chi connectivity index (χ1n) is 5.13. The van der Waals surface area contributed by atoms with E-state index in [1.807, 2.05) is 0 Å². The molecule has 2 rings (SSSR count). The van der Waals surface area contributed by atoms with Gasteiger partial charge in [0.2, 0.25) is 0 Å². The first-order valence-corrected chi connectivity index (χ1v) is 5.89. The molecule has 1 aromatic heterocycles. The molecular weight excluding hydrogens is 291 g/mol. The molecule has 0 aliphatic rings. The molecule has 1 aromatic carbocycles. The van der Waals surface area contributed by atoms with Gasteiger partial charge in [-0.15, -0.1) is 0 Å². The van der Waals surface area contributed by atoms with Crippen LogP contribution in [0, 0.1) is 0 Å². The zero-order valence-corrected chi connectivity index (χ0v) is 11.3. The van der Waals surface area contributed by atoms with Gasteiger partial charge in [0.15, 0.2) is 11.5 Å². The second-order valence-corrected chi connectivity index (χ2v) is 4.20. The normalized spacial score (nSPS) is 10.1. The van der Waals surface area contributed by atoms with E-state index in [0.29, 0.717) is 23.3 Å². The molecule has 2 aromatic rings. The molecule has 1 heterocycles. The van der Waals surface area contributed by atoms with Crippen LogP contribution in [0.1, 0.15) is 10.4 Å². The van der Waals surface area contributed by atoms with E-state index in [0.717, 1.165) is 0 Å². The quantitative estimate of drug-likeness (QED) is 0.639. The first kappa shape index (κ1) is 13.6. The Balaban J connectivity index is 2.34. The van der Waals surface area contributed by atoms with Crippen molar-refractivity contribution in [3.05, 3.63) is 40.1 Å². The molecule has 0 radical (unpaired) electrons. The molecule has 0 amide bonds. The van der Waals surface area contributed by atoms with Crippen molar-refractivity contribution in [3.63, 3.8) is 0 Å². The van der Waals surface area contributed by atoms with E-state index in [2.05, 4.69) is 9.97 Å². The van der Waals surface area contributed by atoms with Crippen molar-refractivity contribution in [1.82, 2.24) is 9.97 Å². The summed E-state index contributed by atoms with van der Waals surface area (Å²) in [5, 5.41) is 0.331. The van der Waals surface area contributed by atoms with Crippen LogP contribution in [0.15, 0.2) is 24.3 Å². The van der Waals surface area contributed by atoms with Gasteiger partial charge in [0.25, 0.3) is 0 Å². The molecule has 19 heavy (non-hydrogen) atoms. The third kappa shape index (κ3) is 3.33. The van der Waals surface area contributed by atoms with E-state index in [1.165, 1.54) is 19.2 Å². The average Bonchev–Trinajstić information content (AvgIpc) is 2.38. The van der Waals surface area contributed by atoms with Gasteiger partial charge in [-0.3, -0.25) is 4.79 Å². The number of aldehydes is 1. The van der Waals surface area contributed by atoms with E-state index in [-0.39, 0.29) is 16.3 Å². The van der Waals surface area contributed by atoms with E-state index in [4.69, 9.17) is 32.7 Å². The SMILES string of the molecule is COc1cc(C=O)ccc1Oc1nc(Cl)cc(Cl)n1. The van der Waals surface area contributed by atoms with Crippen LogP contribution in [-0.2, 0) is 0 Å². The van der Waals surface area contributed by atoms with Crippen LogP contribution in [0.4, 0.5) is 0 Å². The maximum absolute atomic E-state index is 10.7. The Kier molecular flexibility index (Phi) is 4.19. The fourth-order valence-corrected chi connectivity index (χ4v) is 1.76. The van der Waals surface area contributed by atoms with E-state index in [9.17, 15) is 4.79 Å². The monoisotopic (exact) mass is 298 g/mol. The topological polar surface area (TPSA) is 61.3 Å². The second-order valence-electron chi connectivity index (χ2n) is 3.43. The maximum Gasteiger partial charge on any atom is 0.324 e. The molecule has 5 nitrogen and oxygen atoms in total. The van der Waals surface area contributed by atoms with Crippen LogP contribution >= 0.6 is 23.2 Å². The zero-order valence-electron chi connectivity index (χ0n) is 9.76. The lowest BCUT2D eigenvalue weighted by Gasteiger charge is -2.09. The summed E-state index contributed by atoms with van der Waals surface area (Å²) in [6.45, 7) is 0. The summed E-state index contributed by atoms with van der Waals surface area (Å²) in [7, 11) is 1.46. The summed E-state index contributed by atoms with van der Waals surface area (Å²) in [5.74, 6) is 0.732. The van der Waals surface area contributed by atoms with Crippen molar-refractivity contribution >= 4 is 29.5 Å². The Labute approximate surface area is 119 Å². The number of benzene rings is 1. The van der Waals surface area contributed by atoms with Gasteiger partial charge in [0.05, 0.1) is 7.11 Å². The van der Waals surface area contributed by atoms with Gasteiger partial charge in [-0.25, -0.2) is 0 Å². The lowest BCUT2D eigenvalue weighted by atomic mass is 10.2. The predicted octanol–water partition coefficient (Wildman–Crippen LogP) is 3.40. The van der Waals surface area contributed by atoms with Crippen LogP contribution < -0.4 is 9.47 Å². The van der Waals surface area contributed by atoms with Crippen molar-refractivity contribution in [2.24, 2.45) is 0 Å². The highest BCUT2D eigenvalue weighted by atomic mass is 35.5. The molecule has 0 aliphatic carbocycles. The molecule has 0 saturated heterocycles. The predicted molar refractivity (Wildman–Crippen MR) is 70.5 cm³/mol. The zero-order chi connectivity index (χ0) is 13.8. The van der Waals surface area contributed by atoms with Crippen LogP contribution in [0.25, 0.3) is 0 Å². The second kappa shape index (κ2) is 5.86. The largest absolute Gasteiger partial charge is 0.493 e. The van der Waals surface area contributed by atoms with Crippen LogP contribution in [0.5, 0.6) is 17.5 Å². The maximum atomic E-state index is 10.7. The number of carbonyl (C=O) groups excluding carboxylic acids is 1. The summed E-state index contributed by atoms with van der Waals surface area (Å²) in [6.07, 6.45) is 0.707. The Morgan fingerprint density at radius 3 is 2.37 bits per heavy atom. The minimum Gasteiger partial charge on any atom is -0.493 e. The lowest BCUT2D eigenvalue weighted by Crippen LogP contribution is -1.96. The smallest absolute Gasteiger partial charge is 0.324 e. The highest BCUT2D eigenvalue weighted by Crippen LogP contribution is 2.31. The van der Waals surface area contributed by atoms with Gasteiger partial charge in [0, 0.05) is 11.6 Å². The summed E-state index contributed by atoms with van der Waals surface area (Å²) in [4.78, 5) is 18.4. The molecule has 7 heteroatoms. The van der Waals surface area contributed by atoms with Crippen molar-refractivity contribution in [1.29, 1.82) is 0 Å². The van der Waals surface area contributed by atoms with E-state index >= 15 is 0 Å². The molecule has 0 aliphatic heterocycles. The van der Waals surface area contributed by atoms with Gasteiger partial charge in [-0.1, -0.05) is 23.2 Å². The van der Waals surface area contributed by atoms with Crippen molar-refractivity contribution < 1.29 is 14.3 Å². The van der Waals surface area contributed by atoms with Gasteiger partial charge in [-0.05, 0) is 18.2 Å². The Morgan fingerprint density at radius 1 is 1.11 bits per heavy atom. The number of carbonyl (C=O) groups is 1. The molecular formula is C12H8Cl2N2O3. The summed E-state index contributed by atoms with van der Waals surface area (Å²) < 4.78 is 10.5. The fourth-order valence-electron chi connectivity index (χ4n) is 1.36. The highest BCUT2D eigenvalue weighted by Gasteiger charge is 2.10. The van der Waals surface area contributed by atoms with Gasteiger partial charge < -0.3 is 9.47 Å². The Bertz CT molecular complexity index is 600. The summed E-state index contributed by atoms with van der Waals surface area (Å²) in [5.41, 5.74) is 0.467. The standard InChI is InChI=1S/C12H8Cl2N2O3/c1-18-9-4-7(6-17)2-3-8(9)19-12-15-10(13)5-11(14)16-12/h2-6H,1H3. The minimum absolute atomic E-state index is 0.00495. The van der Waals surface area contributed by atoms with Gasteiger partial charge >= 0.3 is 6.01 Å². The fraction of sp³-hybridized carbons (Fsp3) is 0.0833. The Morgan fingerprint density at radius 2 is 1.79 bits per heavy atom. The number of hydrogen-bond acceptors (Lipinski definition) is 5. The number of halogens is 2. The van der Waals surface area contributed by atoms with Crippen LogP contribution in [0.2, 0.25) is 10.3 Å². The number of nitrogens with zero attached hydrogens (tertiary/aromatic N) is 2. The highest BCUT2D eigenvalue weighted by molar-refractivity contribution is 6.33. The van der Waals surface area contributed by atoms with Gasteiger partial charge in [-0.2, -0.15) is 9.97 Å². The third-order valence-corrected chi connectivity index (χ3v) is 2.56. The lowest BCUT2D eigenvalue weighted by molar-refractivity contribution is 0.112. The van der Waals surface area contributed by atoms with Crippen molar-refractivity contribution in [3.8, 4) is 17.5 Å². The van der Waals surface area contributed by atoms with Crippen molar-refractivity contribution in [2.75, 3.05) is 7.11 Å². The summed E-state index contributed by atoms with van der Waals surface area (Å²) in [6, 6.07) is 6.07. The minimum atomic E-state index is -0.00495. The molecule has 0 bridgehead atoms. The van der Waals surface area contributed by atoms with E-state index < -0.39 is 0 Å². The molecule has 0 spiro atoms.